The molecule has 0 N–H and O–H groups in total. The number of carbonyl (C=O) groups is 1. The summed E-state index contributed by atoms with van der Waals surface area (Å²) in [5.74, 6) is 1.14. The third-order valence-corrected chi connectivity index (χ3v) is 2.80. The Balaban J connectivity index is 2.74. The number of carbonyl (C=O) groups excluding carboxylic acids is 1. The predicted octanol–water partition coefficient (Wildman–Crippen LogP) is 3.37. The summed E-state index contributed by atoms with van der Waals surface area (Å²) in [7, 11) is 1.65. The Morgan fingerprint density at radius 1 is 1.47 bits per heavy atom. The first-order chi connectivity index (χ1) is 7.17. The quantitative estimate of drug-likeness (QED) is 0.820. The molecule has 0 unspecified atom stereocenters. The van der Waals surface area contributed by atoms with Gasteiger partial charge in [-0.3, -0.25) is 4.79 Å². The van der Waals surface area contributed by atoms with Gasteiger partial charge in [0.15, 0.2) is 0 Å². The van der Waals surface area contributed by atoms with Crippen molar-refractivity contribution in [3.8, 4) is 5.75 Å². The molecule has 0 spiro atoms. The van der Waals surface area contributed by atoms with Gasteiger partial charge in [0.2, 0.25) is 0 Å². The Bertz CT molecular complexity index is 347. The van der Waals surface area contributed by atoms with Crippen LogP contribution in [0, 0.1) is 0 Å². The number of hydrogen-bond acceptors (Lipinski definition) is 2. The highest BCUT2D eigenvalue weighted by Gasteiger charge is 2.06. The molecule has 1 aromatic rings. The molecular weight excluding hydrogens is 256 g/mol. The van der Waals surface area contributed by atoms with Gasteiger partial charge in [-0.2, -0.15) is 0 Å². The Labute approximate surface area is 98.8 Å². The SMILES string of the molecule is CCC(=O)CCc1cc(Br)ccc1OC. The number of hydrogen-bond donors (Lipinski definition) is 0. The van der Waals surface area contributed by atoms with Crippen LogP contribution in [0.3, 0.4) is 0 Å². The summed E-state index contributed by atoms with van der Waals surface area (Å²) >= 11 is 3.41. The van der Waals surface area contributed by atoms with Gasteiger partial charge in [0.25, 0.3) is 0 Å². The lowest BCUT2D eigenvalue weighted by atomic mass is 10.1. The smallest absolute Gasteiger partial charge is 0.132 e. The molecule has 15 heavy (non-hydrogen) atoms. The third kappa shape index (κ3) is 3.67. The minimum atomic E-state index is 0.289. The van der Waals surface area contributed by atoms with Crippen LogP contribution in [0.5, 0.6) is 5.75 Å². The lowest BCUT2D eigenvalue weighted by molar-refractivity contribution is -0.118. The second-order valence-electron chi connectivity index (χ2n) is 3.35. The van der Waals surface area contributed by atoms with Gasteiger partial charge in [-0.15, -0.1) is 0 Å². The molecule has 0 aliphatic heterocycles. The van der Waals surface area contributed by atoms with E-state index < -0.39 is 0 Å². The Kier molecular flexibility index (Phi) is 4.82. The maximum atomic E-state index is 11.2. The molecule has 2 nitrogen and oxygen atoms in total. The molecule has 0 fully saturated rings. The van der Waals surface area contributed by atoms with Crippen LogP contribution in [0.2, 0.25) is 0 Å². The van der Waals surface area contributed by atoms with Gasteiger partial charge >= 0.3 is 0 Å². The fraction of sp³-hybridized carbons (Fsp3) is 0.417. The van der Waals surface area contributed by atoms with E-state index in [0.29, 0.717) is 12.8 Å². The van der Waals surface area contributed by atoms with Gasteiger partial charge in [-0.05, 0) is 30.2 Å². The Morgan fingerprint density at radius 2 is 2.20 bits per heavy atom. The molecule has 0 radical (unpaired) electrons. The van der Waals surface area contributed by atoms with E-state index in [2.05, 4.69) is 15.9 Å². The molecule has 0 aromatic heterocycles. The first kappa shape index (κ1) is 12.2. The van der Waals surface area contributed by atoms with Crippen LogP contribution in [0.15, 0.2) is 22.7 Å². The van der Waals surface area contributed by atoms with Gasteiger partial charge in [0.05, 0.1) is 7.11 Å². The van der Waals surface area contributed by atoms with E-state index in [1.54, 1.807) is 7.11 Å². The first-order valence-corrected chi connectivity index (χ1v) is 5.80. The highest BCUT2D eigenvalue weighted by Crippen LogP contribution is 2.24. The van der Waals surface area contributed by atoms with E-state index in [1.807, 2.05) is 25.1 Å². The van der Waals surface area contributed by atoms with Crippen LogP contribution < -0.4 is 4.74 Å². The monoisotopic (exact) mass is 270 g/mol. The van der Waals surface area contributed by atoms with Crippen molar-refractivity contribution in [3.05, 3.63) is 28.2 Å². The number of aryl methyl sites for hydroxylation is 1. The highest BCUT2D eigenvalue weighted by molar-refractivity contribution is 9.10. The first-order valence-electron chi connectivity index (χ1n) is 5.01. The van der Waals surface area contributed by atoms with Gasteiger partial charge in [0, 0.05) is 17.3 Å². The van der Waals surface area contributed by atoms with E-state index in [4.69, 9.17) is 4.74 Å². The fourth-order valence-electron chi connectivity index (χ4n) is 1.39. The minimum absolute atomic E-state index is 0.289. The van der Waals surface area contributed by atoms with Crippen molar-refractivity contribution in [3.63, 3.8) is 0 Å². The van der Waals surface area contributed by atoms with Crippen LogP contribution in [-0.2, 0) is 11.2 Å². The third-order valence-electron chi connectivity index (χ3n) is 2.31. The number of ketones is 1. The summed E-state index contributed by atoms with van der Waals surface area (Å²) in [5.41, 5.74) is 1.08. The van der Waals surface area contributed by atoms with Crippen LogP contribution in [-0.4, -0.2) is 12.9 Å². The van der Waals surface area contributed by atoms with Gasteiger partial charge < -0.3 is 4.74 Å². The molecule has 82 valence electrons. The Morgan fingerprint density at radius 3 is 2.80 bits per heavy atom. The zero-order valence-electron chi connectivity index (χ0n) is 9.05. The van der Waals surface area contributed by atoms with Crippen molar-refractivity contribution in [1.29, 1.82) is 0 Å². The van der Waals surface area contributed by atoms with Crippen molar-refractivity contribution >= 4 is 21.7 Å². The van der Waals surface area contributed by atoms with Crippen molar-refractivity contribution in [2.24, 2.45) is 0 Å². The maximum absolute atomic E-state index is 11.2. The summed E-state index contributed by atoms with van der Waals surface area (Å²) in [5, 5.41) is 0. The van der Waals surface area contributed by atoms with Gasteiger partial charge in [0.1, 0.15) is 11.5 Å². The van der Waals surface area contributed by atoms with Crippen molar-refractivity contribution in [2.45, 2.75) is 26.2 Å². The molecule has 0 saturated heterocycles. The summed E-state index contributed by atoms with van der Waals surface area (Å²) in [6, 6.07) is 5.85. The van der Waals surface area contributed by atoms with Gasteiger partial charge in [-0.1, -0.05) is 22.9 Å². The summed E-state index contributed by atoms with van der Waals surface area (Å²) in [6.07, 6.45) is 1.94. The zero-order chi connectivity index (χ0) is 11.3. The minimum Gasteiger partial charge on any atom is -0.496 e. The molecule has 0 atom stereocenters. The number of halogens is 1. The van der Waals surface area contributed by atoms with E-state index in [1.165, 1.54) is 0 Å². The van der Waals surface area contributed by atoms with E-state index >= 15 is 0 Å². The van der Waals surface area contributed by atoms with Crippen molar-refractivity contribution in [2.75, 3.05) is 7.11 Å². The Hall–Kier alpha value is -0.830. The van der Waals surface area contributed by atoms with E-state index in [9.17, 15) is 4.79 Å². The number of benzene rings is 1. The molecule has 0 heterocycles. The highest BCUT2D eigenvalue weighted by atomic mass is 79.9. The number of methoxy groups -OCH3 is 1. The average Bonchev–Trinajstić information content (AvgIpc) is 2.26. The summed E-state index contributed by atoms with van der Waals surface area (Å²) in [4.78, 5) is 11.2. The number of ether oxygens (including phenoxy) is 1. The molecule has 0 saturated carbocycles. The summed E-state index contributed by atoms with van der Waals surface area (Å²) in [6.45, 7) is 1.89. The maximum Gasteiger partial charge on any atom is 0.132 e. The van der Waals surface area contributed by atoms with Crippen molar-refractivity contribution < 1.29 is 9.53 Å². The lowest BCUT2D eigenvalue weighted by Gasteiger charge is -2.08. The van der Waals surface area contributed by atoms with Crippen molar-refractivity contribution in [1.82, 2.24) is 0 Å². The standard InChI is InChI=1S/C12H15BrO2/c1-3-11(14)6-4-9-8-10(13)5-7-12(9)15-2/h5,7-8H,3-4,6H2,1-2H3. The average molecular weight is 271 g/mol. The number of rotatable bonds is 5. The molecule has 1 rings (SSSR count). The predicted molar refractivity (Wildman–Crippen MR) is 64.3 cm³/mol. The zero-order valence-corrected chi connectivity index (χ0v) is 10.6. The largest absolute Gasteiger partial charge is 0.496 e. The molecule has 3 heteroatoms. The second kappa shape index (κ2) is 5.91. The normalized spacial score (nSPS) is 10.1. The van der Waals surface area contributed by atoms with Crippen LogP contribution in [0.4, 0.5) is 0 Å². The van der Waals surface area contributed by atoms with E-state index in [0.717, 1.165) is 22.2 Å². The molecule has 0 bridgehead atoms. The van der Waals surface area contributed by atoms with Crippen LogP contribution in [0.1, 0.15) is 25.3 Å². The molecule has 0 aliphatic carbocycles. The molecule has 1 aromatic carbocycles. The topological polar surface area (TPSA) is 26.3 Å². The molecular formula is C12H15BrO2. The molecule has 0 aliphatic rings. The van der Waals surface area contributed by atoms with Crippen LogP contribution >= 0.6 is 15.9 Å². The van der Waals surface area contributed by atoms with E-state index in [-0.39, 0.29) is 5.78 Å². The summed E-state index contributed by atoms with van der Waals surface area (Å²) < 4.78 is 6.25. The second-order valence-corrected chi connectivity index (χ2v) is 4.26. The fourth-order valence-corrected chi connectivity index (χ4v) is 1.80. The van der Waals surface area contributed by atoms with Crippen LogP contribution in [0.25, 0.3) is 0 Å². The lowest BCUT2D eigenvalue weighted by Crippen LogP contribution is -1.99. The number of Topliss-reactive ketones (excluding diaryl/α,β-unsaturated/α-hetero) is 1. The molecule has 0 amide bonds. The van der Waals surface area contributed by atoms with Gasteiger partial charge in [-0.25, -0.2) is 0 Å².